The zero-order valence-electron chi connectivity index (χ0n) is 13.3. The molecule has 0 radical (unpaired) electrons. The number of aryl methyl sites for hydroxylation is 1. The highest BCUT2D eigenvalue weighted by molar-refractivity contribution is 5.92. The van der Waals surface area contributed by atoms with E-state index in [-0.39, 0.29) is 25.1 Å². The van der Waals surface area contributed by atoms with E-state index in [4.69, 9.17) is 0 Å². The zero-order valence-corrected chi connectivity index (χ0v) is 13.3. The molecule has 0 aliphatic carbocycles. The molecule has 2 N–H and O–H groups in total. The largest absolute Gasteiger partial charge is 0.394 e. The van der Waals surface area contributed by atoms with Crippen LogP contribution in [-0.2, 0) is 11.2 Å². The van der Waals surface area contributed by atoms with E-state index in [9.17, 15) is 9.90 Å². The van der Waals surface area contributed by atoms with Crippen molar-refractivity contribution in [1.82, 2.24) is 4.90 Å². The van der Waals surface area contributed by atoms with Gasteiger partial charge in [-0.1, -0.05) is 36.4 Å². The lowest BCUT2D eigenvalue weighted by atomic mass is 9.93. The molecule has 0 fully saturated rings. The lowest BCUT2D eigenvalue weighted by Crippen LogP contribution is -2.42. The maximum atomic E-state index is 12.3. The van der Waals surface area contributed by atoms with Crippen LogP contribution < -0.4 is 5.32 Å². The highest BCUT2D eigenvalue weighted by atomic mass is 16.3. The van der Waals surface area contributed by atoms with Crippen LogP contribution in [0.5, 0.6) is 0 Å². The van der Waals surface area contributed by atoms with Crippen molar-refractivity contribution in [3.05, 3.63) is 65.2 Å². The molecule has 0 saturated heterocycles. The number of aliphatic hydroxyl groups excluding tert-OH is 1. The van der Waals surface area contributed by atoms with Crippen molar-refractivity contribution in [3.63, 3.8) is 0 Å². The molecule has 1 unspecified atom stereocenters. The van der Waals surface area contributed by atoms with Gasteiger partial charge in [-0.2, -0.15) is 0 Å². The van der Waals surface area contributed by atoms with Gasteiger partial charge < -0.3 is 10.4 Å². The van der Waals surface area contributed by atoms with E-state index in [1.54, 1.807) is 0 Å². The first-order valence-corrected chi connectivity index (χ1v) is 7.96. The SMILES string of the molecule is Cc1cccc(NC(=O)CN2CCc3ccccc3C2CO)c1. The lowest BCUT2D eigenvalue weighted by Gasteiger charge is -2.35. The summed E-state index contributed by atoms with van der Waals surface area (Å²) < 4.78 is 0. The van der Waals surface area contributed by atoms with Crippen molar-refractivity contribution >= 4 is 11.6 Å². The Morgan fingerprint density at radius 3 is 2.87 bits per heavy atom. The third kappa shape index (κ3) is 3.60. The van der Waals surface area contributed by atoms with Gasteiger partial charge >= 0.3 is 0 Å². The predicted molar refractivity (Wildman–Crippen MR) is 91.4 cm³/mol. The molecule has 4 nitrogen and oxygen atoms in total. The first kappa shape index (κ1) is 15.7. The monoisotopic (exact) mass is 310 g/mol. The Balaban J connectivity index is 1.69. The van der Waals surface area contributed by atoms with Gasteiger partial charge in [0.05, 0.1) is 19.2 Å². The molecule has 1 amide bonds. The zero-order chi connectivity index (χ0) is 16.2. The third-order valence-electron chi connectivity index (χ3n) is 4.34. The van der Waals surface area contributed by atoms with Crippen LogP contribution in [0.15, 0.2) is 48.5 Å². The number of amides is 1. The number of hydrogen-bond donors (Lipinski definition) is 2. The Labute approximate surface area is 136 Å². The fourth-order valence-corrected chi connectivity index (χ4v) is 3.21. The molecule has 4 heteroatoms. The molecule has 0 spiro atoms. The number of carbonyl (C=O) groups excluding carboxylic acids is 1. The quantitative estimate of drug-likeness (QED) is 0.912. The Kier molecular flexibility index (Phi) is 4.74. The first-order chi connectivity index (χ1) is 11.2. The van der Waals surface area contributed by atoms with Gasteiger partial charge in [-0.05, 0) is 42.2 Å². The van der Waals surface area contributed by atoms with Crippen molar-refractivity contribution in [2.24, 2.45) is 0 Å². The molecule has 120 valence electrons. The number of rotatable bonds is 4. The minimum atomic E-state index is -0.108. The molecule has 0 saturated carbocycles. The van der Waals surface area contributed by atoms with Crippen LogP contribution >= 0.6 is 0 Å². The van der Waals surface area contributed by atoms with E-state index < -0.39 is 0 Å². The minimum Gasteiger partial charge on any atom is -0.394 e. The normalized spacial score (nSPS) is 17.6. The van der Waals surface area contributed by atoms with E-state index >= 15 is 0 Å². The van der Waals surface area contributed by atoms with Crippen LogP contribution in [0.1, 0.15) is 22.7 Å². The summed E-state index contributed by atoms with van der Waals surface area (Å²) in [5.41, 5.74) is 4.32. The molecule has 23 heavy (non-hydrogen) atoms. The number of hydrogen-bond acceptors (Lipinski definition) is 3. The van der Waals surface area contributed by atoms with Crippen molar-refractivity contribution < 1.29 is 9.90 Å². The average Bonchev–Trinajstić information content (AvgIpc) is 2.54. The number of carbonyl (C=O) groups is 1. The highest BCUT2D eigenvalue weighted by Crippen LogP contribution is 2.29. The molecule has 0 aromatic heterocycles. The van der Waals surface area contributed by atoms with E-state index in [0.29, 0.717) is 0 Å². The van der Waals surface area contributed by atoms with Gasteiger partial charge in [0.15, 0.2) is 0 Å². The first-order valence-electron chi connectivity index (χ1n) is 7.96. The van der Waals surface area contributed by atoms with Gasteiger partial charge in [0.1, 0.15) is 0 Å². The summed E-state index contributed by atoms with van der Waals surface area (Å²) in [6.07, 6.45) is 0.907. The van der Waals surface area contributed by atoms with Crippen LogP contribution in [0, 0.1) is 6.92 Å². The minimum absolute atomic E-state index is 0.0226. The highest BCUT2D eigenvalue weighted by Gasteiger charge is 2.27. The third-order valence-corrected chi connectivity index (χ3v) is 4.34. The van der Waals surface area contributed by atoms with Crippen LogP contribution in [0.25, 0.3) is 0 Å². The molecule has 2 aromatic rings. The maximum Gasteiger partial charge on any atom is 0.238 e. The van der Waals surface area contributed by atoms with Gasteiger partial charge in [-0.25, -0.2) is 0 Å². The topological polar surface area (TPSA) is 52.6 Å². The molecule has 0 bridgehead atoms. The molecule has 1 aliphatic rings. The fraction of sp³-hybridized carbons (Fsp3) is 0.316. The smallest absolute Gasteiger partial charge is 0.238 e. The van der Waals surface area contributed by atoms with Gasteiger partial charge in [0.25, 0.3) is 0 Å². The summed E-state index contributed by atoms with van der Waals surface area (Å²) in [6.45, 7) is 3.09. The Morgan fingerprint density at radius 1 is 1.26 bits per heavy atom. The standard InChI is InChI=1S/C19H22N2O2/c1-14-5-4-7-16(11-14)20-19(23)12-21-10-9-15-6-2-3-8-17(15)18(21)13-22/h2-8,11,18,22H,9-10,12-13H2,1H3,(H,20,23). The molecule has 1 aliphatic heterocycles. The van der Waals surface area contributed by atoms with Gasteiger partial charge in [-0.3, -0.25) is 9.69 Å². The van der Waals surface area contributed by atoms with E-state index in [1.807, 2.05) is 54.3 Å². The molecule has 3 rings (SSSR count). The number of nitrogens with one attached hydrogen (secondary N) is 1. The van der Waals surface area contributed by atoms with Gasteiger partial charge in [0, 0.05) is 12.2 Å². The van der Waals surface area contributed by atoms with Crippen molar-refractivity contribution in [2.45, 2.75) is 19.4 Å². The summed E-state index contributed by atoms with van der Waals surface area (Å²) in [5, 5.41) is 12.7. The molecular formula is C19H22N2O2. The predicted octanol–water partition coefficient (Wildman–Crippen LogP) is 2.53. The second-order valence-electron chi connectivity index (χ2n) is 6.04. The Morgan fingerprint density at radius 2 is 2.09 bits per heavy atom. The summed E-state index contributed by atoms with van der Waals surface area (Å²) in [6, 6.07) is 15.8. The Hall–Kier alpha value is -2.17. The molecular weight excluding hydrogens is 288 g/mol. The Bertz CT molecular complexity index is 699. The van der Waals surface area contributed by atoms with Crippen molar-refractivity contribution in [2.75, 3.05) is 25.0 Å². The summed E-state index contributed by atoms with van der Waals surface area (Å²) in [5.74, 6) is -0.0477. The fourth-order valence-electron chi connectivity index (χ4n) is 3.21. The number of fused-ring (bicyclic) bond motifs is 1. The summed E-state index contributed by atoms with van der Waals surface area (Å²) >= 11 is 0. The van der Waals surface area contributed by atoms with E-state index in [2.05, 4.69) is 11.4 Å². The second kappa shape index (κ2) is 6.94. The van der Waals surface area contributed by atoms with Crippen LogP contribution in [0.4, 0.5) is 5.69 Å². The number of aliphatic hydroxyl groups is 1. The van der Waals surface area contributed by atoms with Crippen molar-refractivity contribution in [3.8, 4) is 0 Å². The summed E-state index contributed by atoms with van der Waals surface area (Å²) in [4.78, 5) is 14.4. The van der Waals surface area contributed by atoms with Crippen LogP contribution in [-0.4, -0.2) is 35.6 Å². The number of anilines is 1. The molecule has 2 aromatic carbocycles. The molecule has 1 atom stereocenters. The number of nitrogens with zero attached hydrogens (tertiary/aromatic N) is 1. The number of benzene rings is 2. The second-order valence-corrected chi connectivity index (χ2v) is 6.04. The van der Waals surface area contributed by atoms with E-state index in [1.165, 1.54) is 5.56 Å². The van der Waals surface area contributed by atoms with Crippen molar-refractivity contribution in [1.29, 1.82) is 0 Å². The maximum absolute atomic E-state index is 12.3. The van der Waals surface area contributed by atoms with Crippen LogP contribution in [0.3, 0.4) is 0 Å². The lowest BCUT2D eigenvalue weighted by molar-refractivity contribution is -0.118. The van der Waals surface area contributed by atoms with Gasteiger partial charge in [-0.15, -0.1) is 0 Å². The van der Waals surface area contributed by atoms with Gasteiger partial charge in [0.2, 0.25) is 5.91 Å². The van der Waals surface area contributed by atoms with Crippen LogP contribution in [0.2, 0.25) is 0 Å². The van der Waals surface area contributed by atoms with E-state index in [0.717, 1.165) is 29.8 Å². The molecule has 1 heterocycles. The average molecular weight is 310 g/mol. The summed E-state index contributed by atoms with van der Waals surface area (Å²) in [7, 11) is 0.